The second-order valence-corrected chi connectivity index (χ2v) is 9.30. The molecule has 0 spiro atoms. The van der Waals surface area contributed by atoms with Crippen molar-refractivity contribution in [3.63, 3.8) is 0 Å². The zero-order chi connectivity index (χ0) is 25.4. The highest BCUT2D eigenvalue weighted by molar-refractivity contribution is 7.89. The largest absolute Gasteiger partial charge is 0.462 e. The number of benzene rings is 3. The average Bonchev–Trinajstić information content (AvgIpc) is 2.85. The minimum Gasteiger partial charge on any atom is -0.462 e. The first kappa shape index (κ1) is 25.7. The van der Waals surface area contributed by atoms with Crippen LogP contribution in [-0.2, 0) is 19.5 Å². The molecule has 8 heteroatoms. The summed E-state index contributed by atoms with van der Waals surface area (Å²) < 4.78 is 38.3. The quantitative estimate of drug-likeness (QED) is 0.433. The van der Waals surface area contributed by atoms with Crippen molar-refractivity contribution < 1.29 is 27.5 Å². The molecule has 0 aliphatic carbocycles. The lowest BCUT2D eigenvalue weighted by molar-refractivity contribution is 0.0517. The highest BCUT2D eigenvalue weighted by Crippen LogP contribution is 2.25. The van der Waals surface area contributed by atoms with Crippen molar-refractivity contribution in [1.82, 2.24) is 4.72 Å². The highest BCUT2D eigenvalue weighted by atomic mass is 32.2. The van der Waals surface area contributed by atoms with Crippen LogP contribution in [0.15, 0.2) is 83.9 Å². The Hall–Kier alpha value is -3.91. The molecular weight excluding hydrogens is 466 g/mol. The van der Waals surface area contributed by atoms with Crippen LogP contribution >= 0.6 is 0 Å². The molecule has 0 aromatic heterocycles. The Bertz CT molecular complexity index is 1250. The fraction of sp³-hybridized carbons (Fsp3) is 0.185. The van der Waals surface area contributed by atoms with Gasteiger partial charge in [-0.3, -0.25) is 4.72 Å². The van der Waals surface area contributed by atoms with Gasteiger partial charge >= 0.3 is 11.9 Å². The monoisotopic (exact) mass is 493 g/mol. The fourth-order valence-corrected chi connectivity index (χ4v) is 4.16. The van der Waals surface area contributed by atoms with E-state index >= 15 is 0 Å². The molecule has 0 aliphatic rings. The summed E-state index contributed by atoms with van der Waals surface area (Å²) in [4.78, 5) is 24.2. The first-order valence-electron chi connectivity index (χ1n) is 11.1. The van der Waals surface area contributed by atoms with E-state index in [1.165, 1.54) is 18.3 Å². The summed E-state index contributed by atoms with van der Waals surface area (Å²) in [5.41, 5.74) is 3.58. The van der Waals surface area contributed by atoms with Crippen LogP contribution in [0.2, 0.25) is 0 Å². The van der Waals surface area contributed by atoms with E-state index in [0.717, 1.165) is 5.56 Å². The molecule has 35 heavy (non-hydrogen) atoms. The number of rotatable bonds is 9. The topological polar surface area (TPSA) is 98.8 Å². The van der Waals surface area contributed by atoms with Crippen LogP contribution in [0.5, 0.6) is 0 Å². The van der Waals surface area contributed by atoms with Crippen molar-refractivity contribution >= 4 is 27.5 Å². The van der Waals surface area contributed by atoms with E-state index in [2.05, 4.69) is 4.72 Å². The van der Waals surface area contributed by atoms with Crippen LogP contribution in [0, 0.1) is 6.92 Å². The molecule has 0 aliphatic heterocycles. The van der Waals surface area contributed by atoms with Crippen LogP contribution in [0.3, 0.4) is 0 Å². The Morgan fingerprint density at radius 2 is 1.11 bits per heavy atom. The maximum atomic E-state index is 12.9. The third-order valence-electron chi connectivity index (χ3n) is 5.10. The second-order valence-electron chi connectivity index (χ2n) is 7.59. The van der Waals surface area contributed by atoms with E-state index < -0.39 is 22.0 Å². The molecule has 3 rings (SSSR count). The van der Waals surface area contributed by atoms with E-state index in [0.29, 0.717) is 27.8 Å². The summed E-state index contributed by atoms with van der Waals surface area (Å²) in [7, 11) is -3.82. The number of ether oxygens (including phenoxy) is 2. The fourth-order valence-electron chi connectivity index (χ4n) is 3.26. The van der Waals surface area contributed by atoms with Crippen LogP contribution in [-0.4, -0.2) is 33.6 Å². The van der Waals surface area contributed by atoms with Gasteiger partial charge in [0.05, 0.1) is 29.2 Å². The normalized spacial score (nSPS) is 10.8. The Morgan fingerprint density at radius 3 is 1.51 bits per heavy atom. The van der Waals surface area contributed by atoms with Crippen molar-refractivity contribution in [2.75, 3.05) is 13.2 Å². The highest BCUT2D eigenvalue weighted by Gasteiger charge is 2.15. The van der Waals surface area contributed by atoms with Gasteiger partial charge in [-0.15, -0.1) is 0 Å². The number of sulfonamides is 1. The van der Waals surface area contributed by atoms with Gasteiger partial charge in [0.1, 0.15) is 0 Å². The van der Waals surface area contributed by atoms with E-state index in [1.807, 2.05) is 6.92 Å². The van der Waals surface area contributed by atoms with Crippen molar-refractivity contribution in [2.24, 2.45) is 0 Å². The summed E-state index contributed by atoms with van der Waals surface area (Å²) in [6.45, 7) is 5.86. The summed E-state index contributed by atoms with van der Waals surface area (Å²) in [5.74, 6) is -0.883. The van der Waals surface area contributed by atoms with Crippen LogP contribution in [0.25, 0.3) is 5.57 Å². The molecule has 0 unspecified atom stereocenters. The summed E-state index contributed by atoms with van der Waals surface area (Å²) in [6.07, 6.45) is 1.40. The molecule has 7 nitrogen and oxygen atoms in total. The van der Waals surface area contributed by atoms with Gasteiger partial charge in [0.25, 0.3) is 10.0 Å². The number of hydrogen-bond acceptors (Lipinski definition) is 6. The Kier molecular flexibility index (Phi) is 8.43. The molecular formula is C27H27NO6S. The molecule has 0 saturated carbocycles. The molecule has 182 valence electrons. The van der Waals surface area contributed by atoms with Gasteiger partial charge in [0.15, 0.2) is 0 Å². The van der Waals surface area contributed by atoms with Crippen molar-refractivity contribution in [3.05, 3.63) is 107 Å². The lowest BCUT2D eigenvalue weighted by Crippen LogP contribution is -2.18. The zero-order valence-electron chi connectivity index (χ0n) is 19.8. The van der Waals surface area contributed by atoms with Gasteiger partial charge in [-0.05, 0) is 68.3 Å². The van der Waals surface area contributed by atoms with E-state index in [4.69, 9.17) is 9.47 Å². The summed E-state index contributed by atoms with van der Waals surface area (Å²) >= 11 is 0. The maximum absolute atomic E-state index is 12.9. The Morgan fingerprint density at radius 1 is 0.714 bits per heavy atom. The predicted molar refractivity (Wildman–Crippen MR) is 133 cm³/mol. The number of aryl methyl sites for hydroxylation is 1. The minimum atomic E-state index is -3.82. The number of carbonyl (C=O) groups is 2. The SMILES string of the molecule is CCOC(=O)c1ccc(C(=CNS(=O)(=O)c2ccc(C)cc2)c2ccc(C(=O)OCC)cc2)cc1. The average molecular weight is 494 g/mol. The molecule has 0 bridgehead atoms. The van der Waals surface area contributed by atoms with Gasteiger partial charge < -0.3 is 9.47 Å². The smallest absolute Gasteiger partial charge is 0.338 e. The van der Waals surface area contributed by atoms with Crippen LogP contribution < -0.4 is 4.72 Å². The minimum absolute atomic E-state index is 0.133. The van der Waals surface area contributed by atoms with Gasteiger partial charge in [0.2, 0.25) is 0 Å². The van der Waals surface area contributed by atoms with Gasteiger partial charge in [0, 0.05) is 11.8 Å². The summed E-state index contributed by atoms with van der Waals surface area (Å²) in [5, 5.41) is 0. The predicted octanol–water partition coefficient (Wildman–Crippen LogP) is 4.72. The van der Waals surface area contributed by atoms with E-state index in [1.54, 1.807) is 74.5 Å². The third kappa shape index (κ3) is 6.58. The van der Waals surface area contributed by atoms with Crippen LogP contribution in [0.4, 0.5) is 0 Å². The second kappa shape index (κ2) is 11.5. The first-order chi connectivity index (χ1) is 16.7. The number of carbonyl (C=O) groups excluding carboxylic acids is 2. The standard InChI is InChI=1S/C27H27NO6S/c1-4-33-26(29)22-12-8-20(9-13-22)25(21-10-14-23(15-11-21)27(30)34-5-2)18-28-35(31,32)24-16-6-19(3)7-17-24/h6-18,28H,4-5H2,1-3H3. The molecule has 0 amide bonds. The first-order valence-corrected chi connectivity index (χ1v) is 12.6. The van der Waals surface area contributed by atoms with E-state index in [9.17, 15) is 18.0 Å². The zero-order valence-corrected chi connectivity index (χ0v) is 20.6. The molecule has 1 N–H and O–H groups in total. The lowest BCUT2D eigenvalue weighted by Gasteiger charge is -2.12. The van der Waals surface area contributed by atoms with Crippen molar-refractivity contribution in [1.29, 1.82) is 0 Å². The molecule has 0 fully saturated rings. The van der Waals surface area contributed by atoms with E-state index in [-0.39, 0.29) is 18.1 Å². The van der Waals surface area contributed by atoms with Crippen molar-refractivity contribution in [2.45, 2.75) is 25.7 Å². The maximum Gasteiger partial charge on any atom is 0.338 e. The molecule has 0 radical (unpaired) electrons. The van der Waals surface area contributed by atoms with Crippen LogP contribution in [0.1, 0.15) is 51.3 Å². The Labute approximate surface area is 205 Å². The molecule has 0 saturated heterocycles. The molecule has 0 heterocycles. The third-order valence-corrected chi connectivity index (χ3v) is 6.42. The molecule has 3 aromatic carbocycles. The number of esters is 2. The van der Waals surface area contributed by atoms with Gasteiger partial charge in [-0.1, -0.05) is 42.0 Å². The number of nitrogens with one attached hydrogen (secondary N) is 1. The van der Waals surface area contributed by atoms with Crippen molar-refractivity contribution in [3.8, 4) is 0 Å². The van der Waals surface area contributed by atoms with Gasteiger partial charge in [-0.2, -0.15) is 0 Å². The lowest BCUT2D eigenvalue weighted by atomic mass is 9.97. The Balaban J connectivity index is 1.99. The number of hydrogen-bond donors (Lipinski definition) is 1. The molecule has 3 aromatic rings. The molecule has 0 atom stereocenters. The van der Waals surface area contributed by atoms with Gasteiger partial charge in [-0.25, -0.2) is 18.0 Å². The summed E-state index contributed by atoms with van der Waals surface area (Å²) in [6, 6.07) is 19.8.